The molecule has 102 valence electrons. The summed E-state index contributed by atoms with van der Waals surface area (Å²) in [4.78, 5) is 12.0. The van der Waals surface area contributed by atoms with Crippen LogP contribution in [0.2, 0.25) is 0 Å². The summed E-state index contributed by atoms with van der Waals surface area (Å²) in [7, 11) is 0. The molecule has 0 aliphatic heterocycles. The Kier molecular flexibility index (Phi) is 7.44. The minimum Gasteiger partial charge on any atom is -0.350 e. The summed E-state index contributed by atoms with van der Waals surface area (Å²) < 4.78 is 0. The maximum Gasteiger partial charge on any atom is 0.237 e. The highest BCUT2D eigenvalue weighted by Gasteiger charge is 2.22. The maximum atomic E-state index is 12.0. The molecule has 0 rings (SSSR count). The van der Waals surface area contributed by atoms with E-state index in [0.29, 0.717) is 6.04 Å². The molecule has 0 saturated carbocycles. The molecule has 17 heavy (non-hydrogen) atoms. The van der Waals surface area contributed by atoms with Crippen LogP contribution in [0.5, 0.6) is 0 Å². The van der Waals surface area contributed by atoms with E-state index in [2.05, 4.69) is 45.3 Å². The van der Waals surface area contributed by atoms with Crippen LogP contribution < -0.4 is 10.6 Å². The molecule has 3 nitrogen and oxygen atoms in total. The number of carbonyl (C=O) groups is 1. The standard InChI is InChI=1S/C14H30N2O/c1-7-10-12(8-2)15-11(4)13(17)16-14(5,6)9-3/h11-12,15H,7-10H2,1-6H3,(H,16,17). The zero-order valence-electron chi connectivity index (χ0n) is 12.4. The van der Waals surface area contributed by atoms with Crippen molar-refractivity contribution in [3.63, 3.8) is 0 Å². The highest BCUT2D eigenvalue weighted by atomic mass is 16.2. The Bertz CT molecular complexity index is 226. The number of amides is 1. The number of nitrogens with one attached hydrogen (secondary N) is 2. The van der Waals surface area contributed by atoms with Gasteiger partial charge in [0, 0.05) is 11.6 Å². The Balaban J connectivity index is 4.21. The first-order valence-electron chi connectivity index (χ1n) is 6.94. The van der Waals surface area contributed by atoms with Gasteiger partial charge in [-0.1, -0.05) is 27.2 Å². The van der Waals surface area contributed by atoms with Crippen molar-refractivity contribution in [2.24, 2.45) is 0 Å². The molecule has 2 unspecified atom stereocenters. The van der Waals surface area contributed by atoms with Crippen LogP contribution in [-0.2, 0) is 4.79 Å². The molecule has 0 radical (unpaired) electrons. The van der Waals surface area contributed by atoms with Gasteiger partial charge >= 0.3 is 0 Å². The SMILES string of the molecule is CCCC(CC)NC(C)C(=O)NC(C)(C)CC. The van der Waals surface area contributed by atoms with Crippen molar-refractivity contribution >= 4 is 5.91 Å². The fourth-order valence-electron chi connectivity index (χ4n) is 1.71. The van der Waals surface area contributed by atoms with Crippen molar-refractivity contribution in [1.29, 1.82) is 0 Å². The molecule has 0 aliphatic rings. The third-order valence-electron chi connectivity index (χ3n) is 3.35. The van der Waals surface area contributed by atoms with Crippen molar-refractivity contribution in [1.82, 2.24) is 10.6 Å². The van der Waals surface area contributed by atoms with Crippen LogP contribution >= 0.6 is 0 Å². The van der Waals surface area contributed by atoms with Crippen molar-refractivity contribution in [3.05, 3.63) is 0 Å². The normalized spacial score (nSPS) is 15.4. The van der Waals surface area contributed by atoms with E-state index >= 15 is 0 Å². The van der Waals surface area contributed by atoms with Crippen LogP contribution in [0.25, 0.3) is 0 Å². The monoisotopic (exact) mass is 242 g/mol. The van der Waals surface area contributed by atoms with Gasteiger partial charge in [0.25, 0.3) is 0 Å². The summed E-state index contributed by atoms with van der Waals surface area (Å²) in [6, 6.07) is 0.336. The summed E-state index contributed by atoms with van der Waals surface area (Å²) in [5, 5.41) is 6.48. The van der Waals surface area contributed by atoms with E-state index in [1.165, 1.54) is 0 Å². The fourth-order valence-corrected chi connectivity index (χ4v) is 1.71. The van der Waals surface area contributed by atoms with E-state index in [9.17, 15) is 4.79 Å². The zero-order chi connectivity index (χ0) is 13.5. The second-order valence-corrected chi connectivity index (χ2v) is 5.51. The minimum atomic E-state index is -0.114. The topological polar surface area (TPSA) is 41.1 Å². The molecule has 0 spiro atoms. The first-order valence-corrected chi connectivity index (χ1v) is 6.94. The molecule has 0 aromatic carbocycles. The number of carbonyl (C=O) groups excluding carboxylic acids is 1. The molecule has 2 atom stereocenters. The van der Waals surface area contributed by atoms with E-state index in [1.807, 2.05) is 6.92 Å². The van der Waals surface area contributed by atoms with Crippen LogP contribution in [-0.4, -0.2) is 23.5 Å². The third kappa shape index (κ3) is 6.67. The molecule has 2 N–H and O–H groups in total. The van der Waals surface area contributed by atoms with Crippen molar-refractivity contribution < 1.29 is 4.79 Å². The first-order chi connectivity index (χ1) is 7.86. The largest absolute Gasteiger partial charge is 0.350 e. The third-order valence-corrected chi connectivity index (χ3v) is 3.35. The zero-order valence-corrected chi connectivity index (χ0v) is 12.4. The maximum absolute atomic E-state index is 12.0. The van der Waals surface area contributed by atoms with E-state index < -0.39 is 0 Å². The van der Waals surface area contributed by atoms with Crippen LogP contribution in [0.3, 0.4) is 0 Å². The van der Waals surface area contributed by atoms with Crippen molar-refractivity contribution in [3.8, 4) is 0 Å². The van der Waals surface area contributed by atoms with E-state index in [1.54, 1.807) is 0 Å². The average Bonchev–Trinajstić information content (AvgIpc) is 2.27. The second-order valence-electron chi connectivity index (χ2n) is 5.51. The number of hydrogen-bond acceptors (Lipinski definition) is 2. The van der Waals surface area contributed by atoms with Gasteiger partial charge in [0.15, 0.2) is 0 Å². The molecule has 3 heteroatoms. The predicted molar refractivity (Wildman–Crippen MR) is 74.1 cm³/mol. The summed E-state index contributed by atoms with van der Waals surface area (Å²) in [5.74, 6) is 0.103. The Hall–Kier alpha value is -0.570. The number of hydrogen-bond donors (Lipinski definition) is 2. The smallest absolute Gasteiger partial charge is 0.237 e. The highest BCUT2D eigenvalue weighted by molar-refractivity contribution is 5.82. The Morgan fingerprint density at radius 3 is 2.24 bits per heavy atom. The lowest BCUT2D eigenvalue weighted by molar-refractivity contribution is -0.124. The van der Waals surface area contributed by atoms with Gasteiger partial charge in [0.05, 0.1) is 6.04 Å². The van der Waals surface area contributed by atoms with E-state index in [4.69, 9.17) is 0 Å². The number of rotatable bonds is 8. The van der Waals surface area contributed by atoms with Crippen LogP contribution in [0.4, 0.5) is 0 Å². The molecule has 0 heterocycles. The first kappa shape index (κ1) is 16.4. The van der Waals surface area contributed by atoms with Gasteiger partial charge in [-0.15, -0.1) is 0 Å². The second kappa shape index (κ2) is 7.70. The molecule has 0 aromatic rings. The minimum absolute atomic E-state index is 0.103. The average molecular weight is 242 g/mol. The van der Waals surface area contributed by atoms with E-state index in [-0.39, 0.29) is 17.5 Å². The highest BCUT2D eigenvalue weighted by Crippen LogP contribution is 2.08. The quantitative estimate of drug-likeness (QED) is 0.687. The van der Waals surface area contributed by atoms with Crippen LogP contribution in [0.15, 0.2) is 0 Å². The summed E-state index contributed by atoms with van der Waals surface area (Å²) in [5.41, 5.74) is -0.112. The van der Waals surface area contributed by atoms with Gasteiger partial charge in [-0.05, 0) is 40.0 Å². The molecule has 0 bridgehead atoms. The van der Waals surface area contributed by atoms with Gasteiger partial charge in [-0.25, -0.2) is 0 Å². The van der Waals surface area contributed by atoms with Gasteiger partial charge in [0.2, 0.25) is 5.91 Å². The fraction of sp³-hybridized carbons (Fsp3) is 0.929. The van der Waals surface area contributed by atoms with Gasteiger partial charge in [-0.3, -0.25) is 4.79 Å². The molecular formula is C14H30N2O. The summed E-state index contributed by atoms with van der Waals surface area (Å²) in [6.45, 7) is 12.5. The van der Waals surface area contributed by atoms with Crippen molar-refractivity contribution in [2.45, 2.75) is 84.8 Å². The predicted octanol–water partition coefficient (Wildman–Crippen LogP) is 2.85. The van der Waals surface area contributed by atoms with Crippen LogP contribution in [0.1, 0.15) is 67.2 Å². The summed E-state index contributed by atoms with van der Waals surface area (Å²) >= 11 is 0. The molecular weight excluding hydrogens is 212 g/mol. The Morgan fingerprint density at radius 2 is 1.82 bits per heavy atom. The molecule has 1 amide bonds. The molecule has 0 saturated heterocycles. The van der Waals surface area contributed by atoms with Gasteiger partial charge in [-0.2, -0.15) is 0 Å². The molecule has 0 fully saturated rings. The van der Waals surface area contributed by atoms with Gasteiger partial charge in [0.1, 0.15) is 0 Å². The molecule has 0 aromatic heterocycles. The lowest BCUT2D eigenvalue weighted by atomic mass is 10.0. The van der Waals surface area contributed by atoms with Crippen molar-refractivity contribution in [2.75, 3.05) is 0 Å². The van der Waals surface area contributed by atoms with Crippen LogP contribution in [0, 0.1) is 0 Å². The Labute approximate surface area is 107 Å². The molecule has 0 aliphatic carbocycles. The lowest BCUT2D eigenvalue weighted by Crippen LogP contribution is -2.52. The lowest BCUT2D eigenvalue weighted by Gasteiger charge is -2.28. The van der Waals surface area contributed by atoms with E-state index in [0.717, 1.165) is 25.7 Å². The summed E-state index contributed by atoms with van der Waals surface area (Å²) in [6.07, 6.45) is 4.30. The van der Waals surface area contributed by atoms with Gasteiger partial charge < -0.3 is 10.6 Å². The Morgan fingerprint density at radius 1 is 1.24 bits per heavy atom.